The van der Waals surface area contributed by atoms with Gasteiger partial charge in [-0.1, -0.05) is 12.1 Å². The van der Waals surface area contributed by atoms with Crippen LogP contribution in [0, 0.1) is 23.7 Å². The van der Waals surface area contributed by atoms with Crippen molar-refractivity contribution in [1.29, 1.82) is 0 Å². The first-order valence-electron chi connectivity index (χ1n) is 9.73. The number of hydrogen-bond acceptors (Lipinski definition) is 3. The Balaban J connectivity index is 1.20. The van der Waals surface area contributed by atoms with Gasteiger partial charge in [0.1, 0.15) is 5.75 Å². The van der Waals surface area contributed by atoms with E-state index >= 15 is 0 Å². The fourth-order valence-corrected chi connectivity index (χ4v) is 5.81. The molecule has 1 N–H and O–H groups in total. The monoisotopic (exact) mass is 325 g/mol. The molecule has 3 nitrogen and oxygen atoms in total. The van der Waals surface area contributed by atoms with Gasteiger partial charge in [-0.05, 0) is 86.8 Å². The van der Waals surface area contributed by atoms with Crippen molar-refractivity contribution in [2.75, 3.05) is 0 Å². The molecule has 0 aromatic heterocycles. The molecule has 1 aromatic rings. The van der Waals surface area contributed by atoms with Gasteiger partial charge in [0.15, 0.2) is 0 Å². The van der Waals surface area contributed by atoms with Crippen LogP contribution in [-0.4, -0.2) is 11.5 Å². The molecular formula is C21H27NO2. The maximum absolute atomic E-state index is 11.7. The van der Waals surface area contributed by atoms with E-state index in [1.165, 1.54) is 44.1 Å². The summed E-state index contributed by atoms with van der Waals surface area (Å²) in [6.07, 6.45) is 10.6. The highest BCUT2D eigenvalue weighted by atomic mass is 16.5. The number of benzene rings is 1. The second-order valence-electron chi connectivity index (χ2n) is 8.89. The van der Waals surface area contributed by atoms with Gasteiger partial charge in [-0.15, -0.1) is 0 Å². The number of esters is 1. The van der Waals surface area contributed by atoms with Crippen molar-refractivity contribution < 1.29 is 9.53 Å². The standard InChI is InChI=1S/C21H27NO2/c23-20(18-3-4-18)24-19-5-1-14(2-6-19)13-22-21-10-15-7-16(11-21)9-17(8-15)12-21/h1-2,5-6,15-18,22H,3-4,7-13H2. The molecule has 0 amide bonds. The minimum Gasteiger partial charge on any atom is -0.426 e. The fraction of sp³-hybridized carbons (Fsp3) is 0.667. The first kappa shape index (κ1) is 14.9. The lowest BCUT2D eigenvalue weighted by Gasteiger charge is -2.57. The third kappa shape index (κ3) is 2.88. The Morgan fingerprint density at radius 3 is 2.12 bits per heavy atom. The van der Waals surface area contributed by atoms with Crippen LogP contribution >= 0.6 is 0 Å². The Morgan fingerprint density at radius 1 is 1.00 bits per heavy atom. The predicted octanol–water partition coefficient (Wildman–Crippen LogP) is 4.06. The molecule has 5 aliphatic carbocycles. The molecule has 5 aliphatic rings. The van der Waals surface area contributed by atoms with Gasteiger partial charge in [0.2, 0.25) is 0 Å². The van der Waals surface area contributed by atoms with Crippen LogP contribution in [0.1, 0.15) is 56.9 Å². The summed E-state index contributed by atoms with van der Waals surface area (Å²) < 4.78 is 5.41. The lowest BCUT2D eigenvalue weighted by molar-refractivity contribution is -0.135. The minimum absolute atomic E-state index is 0.0607. The summed E-state index contributed by atoms with van der Waals surface area (Å²) in [6.45, 7) is 0.934. The van der Waals surface area contributed by atoms with Crippen LogP contribution in [0.5, 0.6) is 5.75 Å². The van der Waals surface area contributed by atoms with Gasteiger partial charge >= 0.3 is 5.97 Å². The van der Waals surface area contributed by atoms with Crippen LogP contribution in [0.3, 0.4) is 0 Å². The Bertz CT molecular complexity index is 596. The van der Waals surface area contributed by atoms with Crippen molar-refractivity contribution in [2.45, 2.75) is 63.5 Å². The van der Waals surface area contributed by atoms with E-state index in [0.29, 0.717) is 11.3 Å². The quantitative estimate of drug-likeness (QED) is 0.655. The number of carbonyl (C=O) groups excluding carboxylic acids is 1. The topological polar surface area (TPSA) is 38.3 Å². The summed E-state index contributed by atoms with van der Waals surface area (Å²) in [5.41, 5.74) is 1.70. The minimum atomic E-state index is -0.0607. The molecule has 3 heteroatoms. The van der Waals surface area contributed by atoms with Gasteiger partial charge in [0, 0.05) is 12.1 Å². The SMILES string of the molecule is O=C(Oc1ccc(CNC23CC4CC(CC(C4)C2)C3)cc1)C1CC1. The summed E-state index contributed by atoms with van der Waals surface area (Å²) in [5.74, 6) is 3.72. The van der Waals surface area contributed by atoms with Gasteiger partial charge in [-0.25, -0.2) is 0 Å². The lowest BCUT2D eigenvalue weighted by atomic mass is 9.53. The molecule has 0 saturated heterocycles. The fourth-order valence-electron chi connectivity index (χ4n) is 5.81. The second kappa shape index (κ2) is 5.59. The van der Waals surface area contributed by atoms with Gasteiger partial charge < -0.3 is 10.1 Å². The first-order valence-corrected chi connectivity index (χ1v) is 9.73. The van der Waals surface area contributed by atoms with Gasteiger partial charge in [-0.3, -0.25) is 4.79 Å². The number of rotatable bonds is 5. The van der Waals surface area contributed by atoms with Crippen molar-refractivity contribution in [3.63, 3.8) is 0 Å². The molecule has 0 aliphatic heterocycles. The summed E-state index contributed by atoms with van der Waals surface area (Å²) in [4.78, 5) is 11.7. The number of carbonyl (C=O) groups is 1. The van der Waals surface area contributed by atoms with E-state index < -0.39 is 0 Å². The normalized spacial score (nSPS) is 36.8. The molecule has 0 atom stereocenters. The van der Waals surface area contributed by atoms with Crippen LogP contribution in [0.25, 0.3) is 0 Å². The highest BCUT2D eigenvalue weighted by Gasteiger charge is 2.50. The van der Waals surface area contributed by atoms with Crippen LogP contribution in [-0.2, 0) is 11.3 Å². The van der Waals surface area contributed by atoms with E-state index in [2.05, 4.69) is 17.4 Å². The molecule has 128 valence electrons. The molecule has 0 unspecified atom stereocenters. The number of hydrogen-bond donors (Lipinski definition) is 1. The van der Waals surface area contributed by atoms with Crippen LogP contribution in [0.4, 0.5) is 0 Å². The largest absolute Gasteiger partial charge is 0.426 e. The van der Waals surface area contributed by atoms with E-state index in [4.69, 9.17) is 4.74 Å². The van der Waals surface area contributed by atoms with E-state index in [-0.39, 0.29) is 11.9 Å². The van der Waals surface area contributed by atoms with Crippen molar-refractivity contribution in [3.8, 4) is 5.75 Å². The van der Waals surface area contributed by atoms with Crippen LogP contribution < -0.4 is 10.1 Å². The van der Waals surface area contributed by atoms with Crippen molar-refractivity contribution in [1.82, 2.24) is 5.32 Å². The van der Waals surface area contributed by atoms with E-state index in [0.717, 1.165) is 37.1 Å². The molecule has 6 rings (SSSR count). The van der Waals surface area contributed by atoms with Crippen molar-refractivity contribution in [3.05, 3.63) is 29.8 Å². The summed E-state index contributed by atoms with van der Waals surface area (Å²) in [6, 6.07) is 8.08. The smallest absolute Gasteiger partial charge is 0.314 e. The Kier molecular flexibility index (Phi) is 3.48. The van der Waals surface area contributed by atoms with Crippen molar-refractivity contribution >= 4 is 5.97 Å². The number of ether oxygens (including phenoxy) is 1. The molecule has 24 heavy (non-hydrogen) atoms. The summed E-state index contributed by atoms with van der Waals surface area (Å²) in [7, 11) is 0. The summed E-state index contributed by atoms with van der Waals surface area (Å²) >= 11 is 0. The molecule has 5 saturated carbocycles. The Morgan fingerprint density at radius 2 is 1.58 bits per heavy atom. The van der Waals surface area contributed by atoms with Gasteiger partial charge in [0.05, 0.1) is 5.92 Å². The average molecular weight is 325 g/mol. The molecule has 0 spiro atoms. The molecular weight excluding hydrogens is 298 g/mol. The number of nitrogens with one attached hydrogen (secondary N) is 1. The van der Waals surface area contributed by atoms with Crippen LogP contribution in [0.15, 0.2) is 24.3 Å². The highest BCUT2D eigenvalue weighted by molar-refractivity contribution is 5.77. The zero-order valence-electron chi connectivity index (χ0n) is 14.3. The van der Waals surface area contributed by atoms with Crippen LogP contribution in [0.2, 0.25) is 0 Å². The molecule has 5 fully saturated rings. The highest BCUT2D eigenvalue weighted by Crippen LogP contribution is 2.55. The third-order valence-corrected chi connectivity index (χ3v) is 6.76. The predicted molar refractivity (Wildman–Crippen MR) is 92.5 cm³/mol. The Hall–Kier alpha value is -1.35. The van der Waals surface area contributed by atoms with E-state index in [9.17, 15) is 4.79 Å². The van der Waals surface area contributed by atoms with Gasteiger partial charge in [0.25, 0.3) is 0 Å². The Labute approximate surface area is 144 Å². The first-order chi connectivity index (χ1) is 11.7. The molecule has 4 bridgehead atoms. The maximum Gasteiger partial charge on any atom is 0.314 e. The maximum atomic E-state index is 11.7. The summed E-state index contributed by atoms with van der Waals surface area (Å²) in [5, 5.41) is 3.92. The third-order valence-electron chi connectivity index (χ3n) is 6.76. The molecule has 0 heterocycles. The molecule has 1 aromatic carbocycles. The van der Waals surface area contributed by atoms with E-state index in [1.54, 1.807) is 0 Å². The zero-order valence-corrected chi connectivity index (χ0v) is 14.3. The van der Waals surface area contributed by atoms with E-state index in [1.807, 2.05) is 12.1 Å². The zero-order chi connectivity index (χ0) is 16.1. The average Bonchev–Trinajstić information content (AvgIpc) is 3.38. The molecule has 0 radical (unpaired) electrons. The second-order valence-corrected chi connectivity index (χ2v) is 8.89. The van der Waals surface area contributed by atoms with Crippen molar-refractivity contribution in [2.24, 2.45) is 23.7 Å². The van der Waals surface area contributed by atoms with Gasteiger partial charge in [-0.2, -0.15) is 0 Å². The lowest BCUT2D eigenvalue weighted by Crippen LogP contribution is -2.58.